The molecule has 0 saturated carbocycles. The summed E-state index contributed by atoms with van der Waals surface area (Å²) in [5.41, 5.74) is -4.70. The third-order valence-corrected chi connectivity index (χ3v) is 7.04. The van der Waals surface area contributed by atoms with Crippen LogP contribution in [-0.2, 0) is 0 Å². The fourth-order valence-electron chi connectivity index (χ4n) is 5.06. The lowest BCUT2D eigenvalue weighted by molar-refractivity contribution is -0.393. The molecule has 1 aliphatic rings. The number of rotatable bonds is 7. The topological polar surface area (TPSA) is 335 Å². The van der Waals surface area contributed by atoms with Crippen LogP contribution in [0.4, 0.5) is 39.8 Å². The van der Waals surface area contributed by atoms with Gasteiger partial charge >= 0.3 is 0 Å². The number of nitrogens with one attached hydrogen (secondary N) is 1. The highest BCUT2D eigenvalue weighted by Crippen LogP contribution is 2.45. The van der Waals surface area contributed by atoms with Crippen LogP contribution in [0.2, 0.25) is 0 Å². The van der Waals surface area contributed by atoms with Crippen LogP contribution in [0.1, 0.15) is 15.9 Å². The van der Waals surface area contributed by atoms with Crippen molar-refractivity contribution in [1.82, 2.24) is 4.98 Å². The molecular formula is C25H10N8O15. The van der Waals surface area contributed by atoms with Gasteiger partial charge in [-0.15, -0.1) is 0 Å². The third kappa shape index (κ3) is 5.15. The van der Waals surface area contributed by atoms with E-state index in [0.29, 0.717) is 12.1 Å². The number of ketones is 1. The van der Waals surface area contributed by atoms with Crippen molar-refractivity contribution in [3.05, 3.63) is 137 Å². The van der Waals surface area contributed by atoms with Crippen LogP contribution >= 0.6 is 0 Å². The Hall–Kier alpha value is -7.85. The quantitative estimate of drug-likeness (QED) is 0.161. The molecule has 48 heavy (non-hydrogen) atoms. The van der Waals surface area contributed by atoms with E-state index in [1.54, 1.807) is 0 Å². The van der Waals surface area contributed by atoms with E-state index in [0.717, 1.165) is 36.4 Å². The minimum absolute atomic E-state index is 0.0597. The number of nitro benzene ring substituents is 7. The number of nitrogens with zero attached hydrogens (tertiary/aromatic N) is 7. The number of non-ortho nitro benzene ring substituents is 6. The van der Waals surface area contributed by atoms with Gasteiger partial charge in [0.05, 0.1) is 58.2 Å². The normalized spacial score (nSPS) is 11.3. The lowest BCUT2D eigenvalue weighted by atomic mass is 10.0. The van der Waals surface area contributed by atoms with Gasteiger partial charge in [0.1, 0.15) is 11.0 Å². The first kappa shape index (κ1) is 31.6. The Morgan fingerprint density at radius 3 is 1.23 bits per heavy atom. The molecule has 23 heteroatoms. The Balaban J connectivity index is 0.000000188. The fourth-order valence-corrected chi connectivity index (χ4v) is 5.06. The summed E-state index contributed by atoms with van der Waals surface area (Å²) < 4.78 is 0. The van der Waals surface area contributed by atoms with E-state index in [2.05, 4.69) is 4.98 Å². The summed E-state index contributed by atoms with van der Waals surface area (Å²) >= 11 is 0. The number of nitro groups is 7. The standard InChI is InChI=1S/C13H5N3O7.C12H5N5O8/c17-13-9-3-6(14(18)19)1-2-8(9)12-10(13)4-7(15(20)21)5-11(12)16(22)23;18-14(19)5-1-7-8-2-6(15(20)21)4-10(17(24)25)12(8)13-11(7)9(3-5)16(22)23/h1-5H;1-4,13H. The molecule has 0 aliphatic heterocycles. The molecule has 0 fully saturated rings. The molecule has 0 spiro atoms. The summed E-state index contributed by atoms with van der Waals surface area (Å²) in [5.74, 6) is -0.717. The van der Waals surface area contributed by atoms with Crippen molar-refractivity contribution >= 4 is 67.4 Å². The van der Waals surface area contributed by atoms with Crippen LogP contribution in [0.15, 0.2) is 54.6 Å². The Labute approximate surface area is 259 Å². The molecule has 4 aromatic carbocycles. The van der Waals surface area contributed by atoms with E-state index < -0.39 is 74.4 Å². The average molecular weight is 662 g/mol. The summed E-state index contributed by atoms with van der Waals surface area (Å²) in [6, 6.07) is 8.41. The lowest BCUT2D eigenvalue weighted by Gasteiger charge is -2.02. The molecule has 0 atom stereocenters. The molecular weight excluding hydrogens is 652 g/mol. The number of carbonyl (C=O) groups excluding carboxylic acids is 1. The molecule has 1 heterocycles. The van der Waals surface area contributed by atoms with E-state index in [9.17, 15) is 75.6 Å². The van der Waals surface area contributed by atoms with Crippen molar-refractivity contribution < 1.29 is 39.3 Å². The summed E-state index contributed by atoms with van der Waals surface area (Å²) in [5, 5.41) is 77.0. The highest BCUT2D eigenvalue weighted by atomic mass is 16.7. The van der Waals surface area contributed by atoms with Crippen LogP contribution < -0.4 is 0 Å². The number of aromatic nitrogens is 1. The highest BCUT2D eigenvalue weighted by Gasteiger charge is 2.37. The minimum atomic E-state index is -0.884. The van der Waals surface area contributed by atoms with Gasteiger partial charge in [0.15, 0.2) is 5.78 Å². The van der Waals surface area contributed by atoms with Crippen LogP contribution in [0.5, 0.6) is 0 Å². The first-order valence-corrected chi connectivity index (χ1v) is 12.5. The lowest BCUT2D eigenvalue weighted by Crippen LogP contribution is -2.00. The predicted octanol–water partition coefficient (Wildman–Crippen LogP) is 5.58. The largest absolute Gasteiger partial charge is 0.343 e. The number of hydrogen-bond acceptors (Lipinski definition) is 15. The third-order valence-electron chi connectivity index (χ3n) is 7.04. The molecule has 0 radical (unpaired) electrons. The van der Waals surface area contributed by atoms with Crippen molar-refractivity contribution in [2.24, 2.45) is 0 Å². The van der Waals surface area contributed by atoms with Gasteiger partial charge in [-0.25, -0.2) is 0 Å². The zero-order chi connectivity index (χ0) is 35.4. The minimum Gasteiger partial charge on any atom is -0.343 e. The SMILES string of the molecule is O=C1c2cc([N+](=O)[O-])ccc2-c2c1cc([N+](=O)[O-])cc2[N+](=O)[O-].O=[N+]([O-])c1cc([N+](=O)[O-])c2[nH]c3c([N+](=O)[O-])cc([N+](=O)[O-])cc3c2c1. The van der Waals surface area contributed by atoms with Crippen LogP contribution in [-0.4, -0.2) is 45.2 Å². The van der Waals surface area contributed by atoms with Crippen LogP contribution in [0, 0.1) is 70.8 Å². The van der Waals surface area contributed by atoms with Gasteiger partial charge in [-0.1, -0.05) is 0 Å². The highest BCUT2D eigenvalue weighted by molar-refractivity contribution is 6.23. The van der Waals surface area contributed by atoms with Gasteiger partial charge in [-0.3, -0.25) is 75.6 Å². The molecule has 0 amide bonds. The zero-order valence-electron chi connectivity index (χ0n) is 23.0. The molecule has 1 N–H and O–H groups in total. The van der Waals surface area contributed by atoms with E-state index >= 15 is 0 Å². The monoisotopic (exact) mass is 662 g/mol. The predicted molar refractivity (Wildman–Crippen MR) is 158 cm³/mol. The number of H-pyrrole nitrogens is 1. The summed E-state index contributed by atoms with van der Waals surface area (Å²) in [6.45, 7) is 0. The smallest absolute Gasteiger partial charge is 0.300 e. The van der Waals surface area contributed by atoms with Crippen LogP contribution in [0.3, 0.4) is 0 Å². The summed E-state index contributed by atoms with van der Waals surface area (Å²) in [4.78, 5) is 86.2. The number of carbonyl (C=O) groups is 1. The Morgan fingerprint density at radius 2 is 0.812 bits per heavy atom. The summed E-state index contributed by atoms with van der Waals surface area (Å²) in [6.07, 6.45) is 0. The maximum absolute atomic E-state index is 12.3. The van der Waals surface area contributed by atoms with E-state index in [1.165, 1.54) is 6.07 Å². The second kappa shape index (κ2) is 11.3. The first-order valence-electron chi connectivity index (χ1n) is 12.5. The van der Waals surface area contributed by atoms with Crippen molar-refractivity contribution in [1.29, 1.82) is 0 Å². The first-order chi connectivity index (χ1) is 22.5. The second-order valence-corrected chi connectivity index (χ2v) is 9.65. The van der Waals surface area contributed by atoms with Crippen LogP contribution in [0.25, 0.3) is 32.9 Å². The van der Waals surface area contributed by atoms with Crippen molar-refractivity contribution in [3.63, 3.8) is 0 Å². The molecule has 23 nitrogen and oxygen atoms in total. The van der Waals surface area contributed by atoms with Crippen molar-refractivity contribution in [3.8, 4) is 11.1 Å². The van der Waals surface area contributed by atoms with E-state index in [4.69, 9.17) is 0 Å². The van der Waals surface area contributed by atoms with E-state index in [-0.39, 0.29) is 49.7 Å². The molecule has 240 valence electrons. The van der Waals surface area contributed by atoms with Gasteiger partial charge in [0, 0.05) is 57.8 Å². The van der Waals surface area contributed by atoms with Crippen molar-refractivity contribution in [2.45, 2.75) is 0 Å². The van der Waals surface area contributed by atoms with Gasteiger partial charge in [0.25, 0.3) is 39.8 Å². The summed E-state index contributed by atoms with van der Waals surface area (Å²) in [7, 11) is 0. The molecule has 1 aliphatic carbocycles. The molecule has 6 rings (SSSR count). The molecule has 0 saturated heterocycles. The van der Waals surface area contributed by atoms with Gasteiger partial charge in [-0.2, -0.15) is 0 Å². The fraction of sp³-hybridized carbons (Fsp3) is 0. The van der Waals surface area contributed by atoms with Gasteiger partial charge in [-0.05, 0) is 6.07 Å². The van der Waals surface area contributed by atoms with Gasteiger partial charge < -0.3 is 4.98 Å². The zero-order valence-corrected chi connectivity index (χ0v) is 23.0. The van der Waals surface area contributed by atoms with E-state index in [1.807, 2.05) is 0 Å². The number of benzene rings is 4. The number of fused-ring (bicyclic) bond motifs is 6. The Bertz CT molecular complexity index is 2300. The number of aromatic amines is 1. The maximum Gasteiger partial charge on any atom is 0.300 e. The molecule has 0 bridgehead atoms. The number of hydrogen-bond donors (Lipinski definition) is 1. The molecule has 5 aromatic rings. The Kier molecular flexibility index (Phi) is 7.40. The maximum atomic E-state index is 12.3. The molecule has 0 unspecified atom stereocenters. The van der Waals surface area contributed by atoms with Gasteiger partial charge in [0.2, 0.25) is 0 Å². The second-order valence-electron chi connectivity index (χ2n) is 9.65. The molecule has 1 aromatic heterocycles. The average Bonchev–Trinajstić information content (AvgIpc) is 3.54. The Morgan fingerprint density at radius 1 is 0.417 bits per heavy atom. The van der Waals surface area contributed by atoms with Crippen molar-refractivity contribution in [2.75, 3.05) is 0 Å².